The number of halogens is 2. The fourth-order valence-electron chi connectivity index (χ4n) is 1.58. The van der Waals surface area contributed by atoms with Gasteiger partial charge in [-0.05, 0) is 51.8 Å². The SMILES string of the molecule is NCc1ccc(S(=O)(=O)Nc2ccc(F)cc2Br)cc1. The highest BCUT2D eigenvalue weighted by Crippen LogP contribution is 2.25. The molecule has 4 nitrogen and oxygen atoms in total. The lowest BCUT2D eigenvalue weighted by molar-refractivity contribution is 0.601. The van der Waals surface area contributed by atoms with Crippen LogP contribution in [-0.4, -0.2) is 8.42 Å². The van der Waals surface area contributed by atoms with Crippen molar-refractivity contribution in [1.82, 2.24) is 0 Å². The van der Waals surface area contributed by atoms with Crippen LogP contribution in [0.3, 0.4) is 0 Å². The van der Waals surface area contributed by atoms with Gasteiger partial charge in [0.05, 0.1) is 10.6 Å². The van der Waals surface area contributed by atoms with Crippen molar-refractivity contribution in [2.24, 2.45) is 5.73 Å². The Morgan fingerprint density at radius 2 is 1.80 bits per heavy atom. The molecule has 0 spiro atoms. The second kappa shape index (κ2) is 5.90. The summed E-state index contributed by atoms with van der Waals surface area (Å²) < 4.78 is 40.1. The number of nitrogens with one attached hydrogen (secondary N) is 1. The first-order chi connectivity index (χ1) is 9.42. The van der Waals surface area contributed by atoms with Gasteiger partial charge in [-0.3, -0.25) is 4.72 Å². The van der Waals surface area contributed by atoms with Gasteiger partial charge in [-0.1, -0.05) is 12.1 Å². The van der Waals surface area contributed by atoms with Gasteiger partial charge in [-0.15, -0.1) is 0 Å². The summed E-state index contributed by atoms with van der Waals surface area (Å²) in [5, 5.41) is 0. The quantitative estimate of drug-likeness (QED) is 0.882. The van der Waals surface area contributed by atoms with E-state index >= 15 is 0 Å². The van der Waals surface area contributed by atoms with Crippen LogP contribution in [-0.2, 0) is 16.6 Å². The van der Waals surface area contributed by atoms with Crippen LogP contribution in [0.4, 0.5) is 10.1 Å². The number of benzene rings is 2. The van der Waals surface area contributed by atoms with Gasteiger partial charge < -0.3 is 5.73 Å². The van der Waals surface area contributed by atoms with Crippen LogP contribution in [0.2, 0.25) is 0 Å². The molecule has 0 heterocycles. The zero-order chi connectivity index (χ0) is 14.8. The molecule has 0 aliphatic rings. The van der Waals surface area contributed by atoms with Crippen LogP contribution < -0.4 is 10.5 Å². The van der Waals surface area contributed by atoms with Gasteiger partial charge >= 0.3 is 0 Å². The number of rotatable bonds is 4. The van der Waals surface area contributed by atoms with Crippen LogP contribution in [0, 0.1) is 5.82 Å². The first-order valence-corrected chi connectivity index (χ1v) is 7.97. The van der Waals surface area contributed by atoms with Gasteiger partial charge in [0.15, 0.2) is 0 Å². The summed E-state index contributed by atoms with van der Waals surface area (Å²) in [4.78, 5) is 0.117. The zero-order valence-electron chi connectivity index (χ0n) is 10.3. The lowest BCUT2D eigenvalue weighted by Crippen LogP contribution is -2.13. The number of nitrogens with two attached hydrogens (primary N) is 1. The maximum atomic E-state index is 13.0. The van der Waals surface area contributed by atoms with Crippen LogP contribution >= 0.6 is 15.9 Å². The monoisotopic (exact) mass is 358 g/mol. The first kappa shape index (κ1) is 15.0. The molecule has 2 rings (SSSR count). The van der Waals surface area contributed by atoms with E-state index in [2.05, 4.69) is 20.7 Å². The van der Waals surface area contributed by atoms with Crippen molar-refractivity contribution in [1.29, 1.82) is 0 Å². The molecule has 2 aromatic carbocycles. The largest absolute Gasteiger partial charge is 0.326 e. The molecule has 3 N–H and O–H groups in total. The average molecular weight is 359 g/mol. The second-order valence-electron chi connectivity index (χ2n) is 4.08. The summed E-state index contributed by atoms with van der Waals surface area (Å²) in [6.07, 6.45) is 0. The van der Waals surface area contributed by atoms with Crippen LogP contribution in [0.5, 0.6) is 0 Å². The summed E-state index contributed by atoms with van der Waals surface area (Å²) in [5.74, 6) is -0.452. The van der Waals surface area contributed by atoms with Crippen molar-refractivity contribution in [2.75, 3.05) is 4.72 Å². The van der Waals surface area contributed by atoms with Crippen molar-refractivity contribution in [3.63, 3.8) is 0 Å². The molecule has 7 heteroatoms. The highest BCUT2D eigenvalue weighted by Gasteiger charge is 2.15. The van der Waals surface area contributed by atoms with E-state index in [4.69, 9.17) is 5.73 Å². The van der Waals surface area contributed by atoms with Crippen molar-refractivity contribution >= 4 is 31.6 Å². The van der Waals surface area contributed by atoms with Crippen molar-refractivity contribution in [2.45, 2.75) is 11.4 Å². The Hall–Kier alpha value is -1.44. The number of hydrogen-bond acceptors (Lipinski definition) is 3. The zero-order valence-corrected chi connectivity index (χ0v) is 12.7. The topological polar surface area (TPSA) is 72.2 Å². The van der Waals surface area contributed by atoms with E-state index in [1.54, 1.807) is 12.1 Å². The lowest BCUT2D eigenvalue weighted by atomic mass is 10.2. The van der Waals surface area contributed by atoms with Gasteiger partial charge in [-0.2, -0.15) is 0 Å². The number of sulfonamides is 1. The van der Waals surface area contributed by atoms with E-state index < -0.39 is 15.8 Å². The van der Waals surface area contributed by atoms with Gasteiger partial charge in [0, 0.05) is 11.0 Å². The molecule has 0 amide bonds. The summed E-state index contributed by atoms with van der Waals surface area (Å²) >= 11 is 3.11. The van der Waals surface area contributed by atoms with Crippen LogP contribution in [0.15, 0.2) is 51.8 Å². The van der Waals surface area contributed by atoms with E-state index in [9.17, 15) is 12.8 Å². The average Bonchev–Trinajstić information content (AvgIpc) is 2.42. The Bertz CT molecular complexity index is 718. The Morgan fingerprint density at radius 3 is 2.35 bits per heavy atom. The highest BCUT2D eigenvalue weighted by atomic mass is 79.9. The van der Waals surface area contributed by atoms with Gasteiger partial charge in [0.25, 0.3) is 10.0 Å². The molecule has 0 unspecified atom stereocenters. The maximum Gasteiger partial charge on any atom is 0.261 e. The lowest BCUT2D eigenvalue weighted by Gasteiger charge is -2.10. The minimum absolute atomic E-state index is 0.117. The van der Waals surface area contributed by atoms with E-state index in [1.165, 1.54) is 30.3 Å². The molecule has 0 saturated heterocycles. The van der Waals surface area contributed by atoms with Crippen molar-refractivity contribution in [3.05, 3.63) is 58.3 Å². The Balaban J connectivity index is 2.30. The molecule has 0 fully saturated rings. The molecular formula is C13H12BrFN2O2S. The fourth-order valence-corrected chi connectivity index (χ4v) is 3.24. The molecule has 0 bridgehead atoms. The third-order valence-corrected chi connectivity index (χ3v) is 4.68. The van der Waals surface area contributed by atoms with Crippen LogP contribution in [0.25, 0.3) is 0 Å². The van der Waals surface area contributed by atoms with Gasteiger partial charge in [-0.25, -0.2) is 12.8 Å². The minimum Gasteiger partial charge on any atom is -0.326 e. The molecule has 0 aliphatic heterocycles. The smallest absolute Gasteiger partial charge is 0.261 e. The summed E-state index contributed by atoms with van der Waals surface area (Å²) in [7, 11) is -3.72. The van der Waals surface area contributed by atoms with Crippen molar-refractivity contribution < 1.29 is 12.8 Å². The minimum atomic E-state index is -3.72. The summed E-state index contributed by atoms with van der Waals surface area (Å²) in [6.45, 7) is 0.345. The van der Waals surface area contributed by atoms with E-state index in [-0.39, 0.29) is 10.6 Å². The molecule has 106 valence electrons. The Kier molecular flexibility index (Phi) is 4.42. The Labute approximate surface area is 125 Å². The molecular weight excluding hydrogens is 347 g/mol. The molecule has 20 heavy (non-hydrogen) atoms. The summed E-state index contributed by atoms with van der Waals surface area (Å²) in [6, 6.07) is 9.97. The standard InChI is InChI=1S/C13H12BrFN2O2S/c14-12-7-10(15)3-6-13(12)17-20(18,19)11-4-1-9(8-16)2-5-11/h1-7,17H,8,16H2. The van der Waals surface area contributed by atoms with E-state index in [0.717, 1.165) is 5.56 Å². The predicted molar refractivity (Wildman–Crippen MR) is 79.2 cm³/mol. The molecule has 0 radical (unpaired) electrons. The predicted octanol–water partition coefficient (Wildman–Crippen LogP) is 2.85. The highest BCUT2D eigenvalue weighted by molar-refractivity contribution is 9.10. The van der Waals surface area contributed by atoms with E-state index in [0.29, 0.717) is 11.0 Å². The van der Waals surface area contributed by atoms with Crippen molar-refractivity contribution in [3.8, 4) is 0 Å². The normalized spacial score (nSPS) is 11.3. The fraction of sp³-hybridized carbons (Fsp3) is 0.0769. The number of anilines is 1. The third-order valence-electron chi connectivity index (χ3n) is 2.64. The maximum absolute atomic E-state index is 13.0. The second-order valence-corrected chi connectivity index (χ2v) is 6.61. The van der Waals surface area contributed by atoms with Gasteiger partial charge in [0.1, 0.15) is 5.82 Å². The molecule has 0 atom stereocenters. The molecule has 0 aromatic heterocycles. The number of hydrogen-bond donors (Lipinski definition) is 2. The summed E-state index contributed by atoms with van der Waals surface area (Å²) in [5.41, 5.74) is 6.57. The third kappa shape index (κ3) is 3.36. The van der Waals surface area contributed by atoms with E-state index in [1.807, 2.05) is 0 Å². The first-order valence-electron chi connectivity index (χ1n) is 5.69. The van der Waals surface area contributed by atoms with Gasteiger partial charge in [0.2, 0.25) is 0 Å². The molecule has 0 aliphatic carbocycles. The molecule has 2 aromatic rings. The Morgan fingerprint density at radius 1 is 1.15 bits per heavy atom. The molecule has 0 saturated carbocycles. The van der Waals surface area contributed by atoms with Crippen LogP contribution in [0.1, 0.15) is 5.56 Å².